The Morgan fingerprint density at radius 3 is 2.31 bits per heavy atom. The van der Waals surface area contributed by atoms with Crippen molar-refractivity contribution in [1.29, 1.82) is 0 Å². The molecular weight excluding hydrogens is 522 g/mol. The topological polar surface area (TPSA) is 101 Å². The fourth-order valence-electron chi connectivity index (χ4n) is 3.59. The lowest BCUT2D eigenvalue weighted by atomic mass is 10.1. The summed E-state index contributed by atoms with van der Waals surface area (Å²) in [5.41, 5.74) is -3.40. The van der Waals surface area contributed by atoms with Crippen molar-refractivity contribution in [2.45, 2.75) is 12.7 Å². The number of para-hydroxylation sites is 1. The number of carbonyl (C=O) groups excluding carboxylic acids is 1. The summed E-state index contributed by atoms with van der Waals surface area (Å²) in [6, 6.07) is 13.3. The van der Waals surface area contributed by atoms with Crippen LogP contribution in [0.15, 0.2) is 65.5 Å². The number of pyridine rings is 2. The lowest BCUT2D eigenvalue weighted by Gasteiger charge is -2.19. The molecule has 0 saturated carbocycles. The van der Waals surface area contributed by atoms with Gasteiger partial charge >= 0.3 is 12.1 Å². The maximum Gasteiger partial charge on any atom is 0.433 e. The van der Waals surface area contributed by atoms with Gasteiger partial charge in [0.05, 0.1) is 21.0 Å². The van der Waals surface area contributed by atoms with Gasteiger partial charge in [-0.3, -0.25) is 14.2 Å². The lowest BCUT2D eigenvalue weighted by Crippen LogP contribution is -2.31. The number of benzene rings is 2. The molecule has 7 nitrogen and oxygen atoms in total. The monoisotopic (exact) mass is 535 g/mol. The third-order valence-electron chi connectivity index (χ3n) is 5.23. The van der Waals surface area contributed by atoms with Gasteiger partial charge < -0.3 is 10.4 Å². The van der Waals surface area contributed by atoms with E-state index in [1.165, 1.54) is 30.3 Å². The van der Waals surface area contributed by atoms with E-state index in [0.29, 0.717) is 6.07 Å². The number of nitrogens with one attached hydrogen (secondary N) is 1. The maximum absolute atomic E-state index is 13.4. The Hall–Kier alpha value is -3.89. The number of carboxylic acids is 1. The SMILES string of the molecule is O=C(NCc1c(C(=O)O)n(-c2ccccc2)c2nc(C(F)(F)F)ccc2c1=O)c1ccc(Cl)c(Cl)c1. The third-order valence-corrected chi connectivity index (χ3v) is 5.97. The highest BCUT2D eigenvalue weighted by molar-refractivity contribution is 6.42. The third kappa shape index (κ3) is 4.77. The number of carboxylic acid groups (broad SMARTS) is 1. The molecule has 0 aliphatic carbocycles. The molecule has 2 aromatic heterocycles. The van der Waals surface area contributed by atoms with E-state index in [1.54, 1.807) is 18.2 Å². The van der Waals surface area contributed by atoms with Gasteiger partial charge in [-0.15, -0.1) is 0 Å². The zero-order chi connectivity index (χ0) is 26.2. The number of fused-ring (bicyclic) bond motifs is 1. The zero-order valence-electron chi connectivity index (χ0n) is 17.9. The highest BCUT2D eigenvalue weighted by Gasteiger charge is 2.34. The van der Waals surface area contributed by atoms with Crippen LogP contribution in [0, 0.1) is 0 Å². The number of hydrogen-bond acceptors (Lipinski definition) is 4. The molecule has 2 heterocycles. The van der Waals surface area contributed by atoms with Crippen LogP contribution in [-0.4, -0.2) is 26.5 Å². The maximum atomic E-state index is 13.4. The summed E-state index contributed by atoms with van der Waals surface area (Å²) in [5, 5.41) is 12.5. The predicted octanol–water partition coefficient (Wildman–Crippen LogP) is 5.34. The summed E-state index contributed by atoms with van der Waals surface area (Å²) in [4.78, 5) is 41.8. The second kappa shape index (κ2) is 9.63. The van der Waals surface area contributed by atoms with Crippen molar-refractivity contribution in [3.05, 3.63) is 103 Å². The molecule has 0 aliphatic heterocycles. The number of amides is 1. The molecule has 36 heavy (non-hydrogen) atoms. The average molecular weight is 536 g/mol. The molecule has 4 rings (SSSR count). The van der Waals surface area contributed by atoms with Gasteiger partial charge in [0.1, 0.15) is 17.0 Å². The van der Waals surface area contributed by atoms with Crippen LogP contribution in [0.1, 0.15) is 32.1 Å². The molecular formula is C24H14Cl2F3N3O4. The lowest BCUT2D eigenvalue weighted by molar-refractivity contribution is -0.141. The number of nitrogens with zero attached hydrogens (tertiary/aromatic N) is 2. The summed E-state index contributed by atoms with van der Waals surface area (Å²) < 4.78 is 41.1. The fraction of sp³-hybridized carbons (Fsp3) is 0.0833. The van der Waals surface area contributed by atoms with E-state index in [0.717, 1.165) is 10.6 Å². The van der Waals surface area contributed by atoms with Crippen LogP contribution in [-0.2, 0) is 12.7 Å². The summed E-state index contributed by atoms with van der Waals surface area (Å²) in [5.74, 6) is -2.28. The van der Waals surface area contributed by atoms with Gasteiger partial charge in [-0.2, -0.15) is 13.2 Å². The molecule has 0 bridgehead atoms. The van der Waals surface area contributed by atoms with E-state index in [2.05, 4.69) is 10.3 Å². The predicted molar refractivity (Wildman–Crippen MR) is 127 cm³/mol. The molecule has 0 saturated heterocycles. The van der Waals surface area contributed by atoms with Crippen LogP contribution in [0.2, 0.25) is 10.0 Å². The standard InChI is InChI=1S/C24H14Cl2F3N3O4/c25-16-8-6-12(10-17(16)26)22(34)30-11-15-19(23(35)36)32(13-4-2-1-3-5-13)21-14(20(15)33)7-9-18(31-21)24(27,28)29/h1-10H,11H2,(H,30,34)(H,35,36). The van der Waals surface area contributed by atoms with Crippen LogP contribution in [0.3, 0.4) is 0 Å². The molecule has 0 radical (unpaired) electrons. The largest absolute Gasteiger partial charge is 0.477 e. The van der Waals surface area contributed by atoms with Gasteiger partial charge in [-0.25, -0.2) is 9.78 Å². The van der Waals surface area contributed by atoms with E-state index in [9.17, 15) is 32.7 Å². The van der Waals surface area contributed by atoms with Gasteiger partial charge in [0, 0.05) is 17.8 Å². The van der Waals surface area contributed by atoms with Crippen molar-refractivity contribution in [3.8, 4) is 5.69 Å². The van der Waals surface area contributed by atoms with Crippen LogP contribution >= 0.6 is 23.2 Å². The van der Waals surface area contributed by atoms with Gasteiger partial charge in [-0.1, -0.05) is 41.4 Å². The Kier molecular flexibility index (Phi) is 6.75. The summed E-state index contributed by atoms with van der Waals surface area (Å²) in [6.45, 7) is -0.538. The first-order valence-electron chi connectivity index (χ1n) is 10.2. The molecule has 1 amide bonds. The van der Waals surface area contributed by atoms with E-state index in [4.69, 9.17) is 23.2 Å². The quantitative estimate of drug-likeness (QED) is 0.359. The molecule has 0 spiro atoms. The van der Waals surface area contributed by atoms with E-state index >= 15 is 0 Å². The smallest absolute Gasteiger partial charge is 0.433 e. The normalized spacial score (nSPS) is 11.5. The molecule has 0 aliphatic rings. The molecule has 184 valence electrons. The molecule has 0 fully saturated rings. The van der Waals surface area contributed by atoms with Crippen molar-refractivity contribution in [1.82, 2.24) is 14.9 Å². The molecule has 2 N–H and O–H groups in total. The van der Waals surface area contributed by atoms with E-state index < -0.39 is 47.1 Å². The first-order chi connectivity index (χ1) is 17.0. The van der Waals surface area contributed by atoms with Crippen LogP contribution in [0.4, 0.5) is 13.2 Å². The van der Waals surface area contributed by atoms with Gasteiger partial charge in [0.15, 0.2) is 5.43 Å². The second-order valence-corrected chi connectivity index (χ2v) is 8.32. The number of hydrogen-bond donors (Lipinski definition) is 2. The minimum absolute atomic E-state index is 0.0990. The van der Waals surface area contributed by atoms with Gasteiger partial charge in [-0.05, 0) is 42.5 Å². The first kappa shape index (κ1) is 25.2. The van der Waals surface area contributed by atoms with Crippen LogP contribution in [0.5, 0.6) is 0 Å². The van der Waals surface area contributed by atoms with E-state index in [-0.39, 0.29) is 32.2 Å². The number of halogens is 5. The van der Waals surface area contributed by atoms with Crippen molar-refractivity contribution >= 4 is 46.1 Å². The Morgan fingerprint density at radius 2 is 1.69 bits per heavy atom. The van der Waals surface area contributed by atoms with Crippen molar-refractivity contribution in [2.24, 2.45) is 0 Å². The first-order valence-corrected chi connectivity index (χ1v) is 10.9. The summed E-state index contributed by atoms with van der Waals surface area (Å²) in [7, 11) is 0. The number of rotatable bonds is 5. The number of aromatic carboxylic acids is 1. The average Bonchev–Trinajstić information content (AvgIpc) is 2.84. The molecule has 2 aromatic carbocycles. The van der Waals surface area contributed by atoms with Gasteiger partial charge in [0.25, 0.3) is 5.91 Å². The minimum Gasteiger partial charge on any atom is -0.477 e. The Labute approximate surface area is 210 Å². The Balaban J connectivity index is 1.92. The Bertz CT molecular complexity index is 1570. The molecule has 4 aromatic rings. The number of alkyl halides is 3. The highest BCUT2D eigenvalue weighted by atomic mass is 35.5. The number of aromatic nitrogens is 2. The van der Waals surface area contributed by atoms with Crippen LogP contribution in [0.25, 0.3) is 16.7 Å². The van der Waals surface area contributed by atoms with Crippen molar-refractivity contribution in [3.63, 3.8) is 0 Å². The second-order valence-electron chi connectivity index (χ2n) is 7.51. The molecule has 12 heteroatoms. The minimum atomic E-state index is -4.83. The van der Waals surface area contributed by atoms with Crippen molar-refractivity contribution in [2.75, 3.05) is 0 Å². The number of carbonyl (C=O) groups is 2. The molecule has 0 unspecified atom stereocenters. The van der Waals surface area contributed by atoms with Crippen molar-refractivity contribution < 1.29 is 27.9 Å². The summed E-state index contributed by atoms with van der Waals surface area (Å²) >= 11 is 11.8. The molecule has 0 atom stereocenters. The Morgan fingerprint density at radius 1 is 1.00 bits per heavy atom. The summed E-state index contributed by atoms with van der Waals surface area (Å²) in [6.07, 6.45) is -4.83. The fourth-order valence-corrected chi connectivity index (χ4v) is 3.89. The van der Waals surface area contributed by atoms with E-state index in [1.807, 2.05) is 0 Å². The van der Waals surface area contributed by atoms with Gasteiger partial charge in [0.2, 0.25) is 0 Å². The van der Waals surface area contributed by atoms with Crippen LogP contribution < -0.4 is 10.7 Å². The highest BCUT2D eigenvalue weighted by Crippen LogP contribution is 2.30. The zero-order valence-corrected chi connectivity index (χ0v) is 19.4.